The van der Waals surface area contributed by atoms with Crippen LogP contribution in [0.3, 0.4) is 0 Å². The lowest BCUT2D eigenvalue weighted by atomic mass is 9.53. The summed E-state index contributed by atoms with van der Waals surface area (Å²) in [4.78, 5) is 34.8. The molecule has 0 radical (unpaired) electrons. The van der Waals surface area contributed by atoms with E-state index in [1.54, 1.807) is 0 Å². The second-order valence-electron chi connectivity index (χ2n) is 15.0. The summed E-state index contributed by atoms with van der Waals surface area (Å²) in [5, 5.41) is 6.91. The molecule has 6 nitrogen and oxygen atoms in total. The van der Waals surface area contributed by atoms with Gasteiger partial charge in [-0.15, -0.1) is 0 Å². The van der Waals surface area contributed by atoms with Crippen LogP contribution in [-0.2, 0) is 0 Å². The van der Waals surface area contributed by atoms with E-state index in [2.05, 4.69) is 15.6 Å². The molecular weight excluding hydrogens is 508 g/mol. The smallest absolute Gasteiger partial charge is 0.251 e. The van der Waals surface area contributed by atoms with Gasteiger partial charge in [0.15, 0.2) is 0 Å². The maximum atomic E-state index is 13.3. The predicted molar refractivity (Wildman–Crippen MR) is 158 cm³/mol. The quantitative estimate of drug-likeness (QED) is 0.341. The van der Waals surface area contributed by atoms with Crippen molar-refractivity contribution >= 4 is 22.8 Å². The Morgan fingerprint density at radius 2 is 1.29 bits per heavy atom. The van der Waals surface area contributed by atoms with Crippen LogP contribution in [0.15, 0.2) is 42.5 Å². The van der Waals surface area contributed by atoms with Gasteiger partial charge in [-0.1, -0.05) is 12.1 Å². The Kier molecular flexibility index (Phi) is 5.32. The van der Waals surface area contributed by atoms with Crippen molar-refractivity contribution in [2.24, 2.45) is 41.4 Å². The van der Waals surface area contributed by atoms with Gasteiger partial charge >= 0.3 is 0 Å². The van der Waals surface area contributed by atoms with Gasteiger partial charge in [0.25, 0.3) is 11.8 Å². The van der Waals surface area contributed by atoms with Crippen molar-refractivity contribution in [3.63, 3.8) is 0 Å². The molecular formula is C35H40N4O2. The van der Waals surface area contributed by atoms with Gasteiger partial charge in [-0.05, 0) is 142 Å². The van der Waals surface area contributed by atoms with Gasteiger partial charge in [0.2, 0.25) is 0 Å². The fraction of sp³-hybridized carbons (Fsp3) is 0.571. The molecule has 8 aliphatic carbocycles. The lowest BCUT2D eigenvalue weighted by Crippen LogP contribution is -2.59. The molecule has 41 heavy (non-hydrogen) atoms. The zero-order valence-corrected chi connectivity index (χ0v) is 23.7. The molecule has 8 fully saturated rings. The Labute approximate surface area is 241 Å². The van der Waals surface area contributed by atoms with E-state index in [1.807, 2.05) is 42.5 Å². The van der Waals surface area contributed by atoms with Crippen molar-refractivity contribution in [3.8, 4) is 11.4 Å². The summed E-state index contributed by atoms with van der Waals surface area (Å²) in [6.45, 7) is 0. The standard InChI is InChI=1S/C35H40N4O2/c40-33(38-31-27-11-19-7-20(13-27)14-28(31)12-19)26-5-6-29-30(15-26)37-32(36-29)24-1-3-25(4-2-24)34(41)39-35-16-21-8-22(17-35)10-23(9-21)18-35/h1-6,15,19-23,27-28,31H,7-14,16-18H2,(H,36,37)(H,38,40)(H,39,41)/t19-,20+,21?,22?,23?,27-,28?,31?,35?. The van der Waals surface area contributed by atoms with E-state index >= 15 is 0 Å². The Bertz CT molecular complexity index is 1470. The summed E-state index contributed by atoms with van der Waals surface area (Å²) in [5.74, 6) is 6.38. The van der Waals surface area contributed by atoms with Gasteiger partial charge in [-0.2, -0.15) is 0 Å². The van der Waals surface area contributed by atoms with Crippen LogP contribution in [0.4, 0.5) is 0 Å². The first-order valence-electron chi connectivity index (χ1n) is 16.2. The molecule has 0 unspecified atom stereocenters. The Balaban J connectivity index is 0.893. The van der Waals surface area contributed by atoms with Crippen LogP contribution in [0.1, 0.15) is 91.3 Å². The third kappa shape index (κ3) is 4.15. The van der Waals surface area contributed by atoms with E-state index in [0.717, 1.165) is 71.3 Å². The van der Waals surface area contributed by atoms with E-state index in [1.165, 1.54) is 51.4 Å². The number of H-pyrrole nitrogens is 1. The van der Waals surface area contributed by atoms with E-state index in [0.29, 0.717) is 29.0 Å². The third-order valence-electron chi connectivity index (χ3n) is 12.1. The van der Waals surface area contributed by atoms with E-state index in [9.17, 15) is 9.59 Å². The Morgan fingerprint density at radius 3 is 1.93 bits per heavy atom. The van der Waals surface area contributed by atoms with Crippen LogP contribution < -0.4 is 10.6 Å². The highest BCUT2D eigenvalue weighted by Gasteiger charge is 2.52. The van der Waals surface area contributed by atoms with Crippen molar-refractivity contribution in [2.45, 2.75) is 82.2 Å². The molecule has 0 atom stereocenters. The number of amides is 2. The van der Waals surface area contributed by atoms with Crippen LogP contribution in [0.25, 0.3) is 22.4 Å². The minimum atomic E-state index is 0.0172. The van der Waals surface area contributed by atoms with Gasteiger partial charge in [0.1, 0.15) is 5.82 Å². The number of hydrogen-bond donors (Lipinski definition) is 3. The molecule has 8 saturated carbocycles. The van der Waals surface area contributed by atoms with Crippen molar-refractivity contribution in [3.05, 3.63) is 53.6 Å². The fourth-order valence-electron chi connectivity index (χ4n) is 11.0. The SMILES string of the molecule is O=C(NC1C2C[C@H]3C[C@@H](C2)C[C@@H]1C3)c1ccc2[nH]c(-c3ccc(C(=O)NC45CC6CC(CC(C6)C4)C5)cc3)nc2c1. The van der Waals surface area contributed by atoms with Crippen LogP contribution in [0.5, 0.6) is 0 Å². The van der Waals surface area contributed by atoms with Gasteiger partial charge in [-0.25, -0.2) is 4.98 Å². The number of aromatic amines is 1. The predicted octanol–water partition coefficient (Wildman–Crippen LogP) is 6.48. The van der Waals surface area contributed by atoms with E-state index in [4.69, 9.17) is 4.98 Å². The normalized spacial score (nSPS) is 38.0. The summed E-state index contributed by atoms with van der Waals surface area (Å²) in [7, 11) is 0. The summed E-state index contributed by atoms with van der Waals surface area (Å²) in [6, 6.07) is 13.9. The number of nitrogens with one attached hydrogen (secondary N) is 3. The second kappa shape index (κ2) is 8.92. The molecule has 11 rings (SSSR count). The van der Waals surface area contributed by atoms with Crippen molar-refractivity contribution in [1.82, 2.24) is 20.6 Å². The number of carbonyl (C=O) groups excluding carboxylic acids is 2. The first-order chi connectivity index (χ1) is 19.9. The molecule has 0 spiro atoms. The number of imidazole rings is 1. The molecule has 8 bridgehead atoms. The largest absolute Gasteiger partial charge is 0.349 e. The molecule has 3 N–H and O–H groups in total. The molecule has 1 heterocycles. The monoisotopic (exact) mass is 548 g/mol. The fourth-order valence-corrected chi connectivity index (χ4v) is 11.0. The molecule has 0 saturated heterocycles. The summed E-state index contributed by atoms with van der Waals surface area (Å²) >= 11 is 0. The van der Waals surface area contributed by atoms with Crippen LogP contribution in [-0.4, -0.2) is 33.4 Å². The molecule has 2 amide bonds. The summed E-state index contributed by atoms with van der Waals surface area (Å²) in [6.07, 6.45) is 14.2. The molecule has 212 valence electrons. The maximum Gasteiger partial charge on any atom is 0.251 e. The van der Waals surface area contributed by atoms with Gasteiger partial charge in [0.05, 0.1) is 11.0 Å². The Morgan fingerprint density at radius 1 is 0.707 bits per heavy atom. The second-order valence-corrected chi connectivity index (χ2v) is 15.0. The molecule has 0 aliphatic heterocycles. The van der Waals surface area contributed by atoms with Crippen LogP contribution >= 0.6 is 0 Å². The molecule has 6 heteroatoms. The number of carbonyl (C=O) groups is 2. The maximum absolute atomic E-state index is 13.3. The highest BCUT2D eigenvalue weighted by atomic mass is 16.2. The highest BCUT2D eigenvalue weighted by Crippen LogP contribution is 2.56. The number of benzene rings is 2. The molecule has 3 aromatic rings. The molecule has 2 aromatic carbocycles. The average molecular weight is 549 g/mol. The van der Waals surface area contributed by atoms with Crippen LogP contribution in [0.2, 0.25) is 0 Å². The van der Waals surface area contributed by atoms with Crippen molar-refractivity contribution < 1.29 is 9.59 Å². The minimum Gasteiger partial charge on any atom is -0.349 e. The first kappa shape index (κ1) is 24.4. The number of fused-ring (bicyclic) bond motifs is 1. The summed E-state index contributed by atoms with van der Waals surface area (Å²) < 4.78 is 0. The topological polar surface area (TPSA) is 86.9 Å². The van der Waals surface area contributed by atoms with E-state index < -0.39 is 0 Å². The minimum absolute atomic E-state index is 0.0172. The van der Waals surface area contributed by atoms with Crippen molar-refractivity contribution in [2.75, 3.05) is 0 Å². The van der Waals surface area contributed by atoms with Gasteiger partial charge in [-0.3, -0.25) is 9.59 Å². The highest BCUT2D eigenvalue weighted by molar-refractivity contribution is 5.98. The number of aromatic nitrogens is 2. The zero-order valence-electron chi connectivity index (χ0n) is 23.7. The lowest BCUT2D eigenvalue weighted by Gasteiger charge is -2.56. The van der Waals surface area contributed by atoms with Gasteiger partial charge in [0, 0.05) is 28.3 Å². The average Bonchev–Trinajstić information content (AvgIpc) is 3.37. The third-order valence-corrected chi connectivity index (χ3v) is 12.1. The zero-order chi connectivity index (χ0) is 27.3. The van der Waals surface area contributed by atoms with Crippen molar-refractivity contribution in [1.29, 1.82) is 0 Å². The lowest BCUT2D eigenvalue weighted by molar-refractivity contribution is -0.0167. The van der Waals surface area contributed by atoms with Crippen LogP contribution in [0, 0.1) is 41.4 Å². The van der Waals surface area contributed by atoms with E-state index in [-0.39, 0.29) is 17.4 Å². The molecule has 1 aromatic heterocycles. The van der Waals surface area contributed by atoms with Gasteiger partial charge < -0.3 is 15.6 Å². The first-order valence-corrected chi connectivity index (χ1v) is 16.2. The number of hydrogen-bond acceptors (Lipinski definition) is 3. The summed E-state index contributed by atoms with van der Waals surface area (Å²) in [5.41, 5.74) is 4.05. The molecule has 8 aliphatic rings. The number of rotatable bonds is 5. The number of nitrogens with zero attached hydrogens (tertiary/aromatic N) is 1. The Hall–Kier alpha value is -3.15.